The number of fused-ring (bicyclic) bond motifs is 1. The van der Waals surface area contributed by atoms with Crippen LogP contribution in [0.3, 0.4) is 0 Å². The third-order valence-corrected chi connectivity index (χ3v) is 5.59. The third-order valence-electron chi connectivity index (χ3n) is 4.95. The van der Waals surface area contributed by atoms with Gasteiger partial charge in [0, 0.05) is 33.0 Å². The molecule has 0 radical (unpaired) electrons. The van der Waals surface area contributed by atoms with Gasteiger partial charge in [0.05, 0.1) is 17.7 Å². The smallest absolute Gasteiger partial charge is 0.338 e. The predicted molar refractivity (Wildman–Crippen MR) is 132 cm³/mol. The van der Waals surface area contributed by atoms with Crippen LogP contribution in [-0.4, -0.2) is 28.5 Å². The first kappa shape index (κ1) is 22.4. The molecule has 0 aliphatic rings. The van der Waals surface area contributed by atoms with Crippen molar-refractivity contribution in [2.45, 2.75) is 13.8 Å². The Balaban J connectivity index is 1.46. The normalized spacial score (nSPS) is 10.6. The highest BCUT2D eigenvalue weighted by Gasteiger charge is 2.11. The maximum Gasteiger partial charge on any atom is 0.338 e. The van der Waals surface area contributed by atoms with Crippen molar-refractivity contribution in [2.24, 2.45) is 0 Å². The number of aryl methyl sites for hydroxylation is 1. The summed E-state index contributed by atoms with van der Waals surface area (Å²) in [4.78, 5) is 33.3. The molecule has 0 spiro atoms. The van der Waals surface area contributed by atoms with Gasteiger partial charge >= 0.3 is 5.97 Å². The van der Waals surface area contributed by atoms with E-state index in [2.05, 4.69) is 36.5 Å². The lowest BCUT2D eigenvalue weighted by Gasteiger charge is -2.12. The number of aromatic nitrogens is 2. The molecule has 0 saturated carbocycles. The monoisotopic (exact) mass is 504 g/mol. The lowest BCUT2D eigenvalue weighted by Crippen LogP contribution is -2.13. The Hall–Kier alpha value is -3.78. The minimum absolute atomic E-state index is 0.267. The van der Waals surface area contributed by atoms with Gasteiger partial charge in [-0.2, -0.15) is 0 Å². The summed E-state index contributed by atoms with van der Waals surface area (Å²) >= 11 is 3.52. The minimum atomic E-state index is -0.411. The number of ether oxygens (including phenoxy) is 1. The molecular formula is C25H21BrN4O3. The number of carbonyl (C=O) groups excluding carboxylic acids is 2. The topological polar surface area (TPSA) is 93.2 Å². The first-order valence-electron chi connectivity index (χ1n) is 10.3. The molecule has 0 aliphatic heterocycles. The fraction of sp³-hybridized carbons (Fsp3) is 0.120. The standard InChI is InChI=1S/C25H21BrN4O3/c1-3-33-24(32)17-9-7-16(8-10-17)23(31)29-21-12-11-19(13-15(21)2)28-25-27-14-18-5-4-6-20(26)22(18)30-25/h4-14H,3H2,1-2H3,(H,29,31)(H,27,28,30). The number of hydrogen-bond donors (Lipinski definition) is 2. The van der Waals surface area contributed by atoms with Crippen LogP contribution in [0.2, 0.25) is 0 Å². The highest BCUT2D eigenvalue weighted by molar-refractivity contribution is 9.10. The van der Waals surface area contributed by atoms with Crippen LogP contribution in [0.5, 0.6) is 0 Å². The van der Waals surface area contributed by atoms with E-state index in [-0.39, 0.29) is 5.91 Å². The first-order chi connectivity index (χ1) is 15.9. The molecule has 1 aromatic heterocycles. The molecule has 8 heteroatoms. The molecule has 1 heterocycles. The van der Waals surface area contributed by atoms with Gasteiger partial charge in [0.1, 0.15) is 0 Å². The number of carbonyl (C=O) groups is 2. The highest BCUT2D eigenvalue weighted by atomic mass is 79.9. The molecule has 1 amide bonds. The number of esters is 1. The summed E-state index contributed by atoms with van der Waals surface area (Å²) in [6, 6.07) is 17.8. The SMILES string of the molecule is CCOC(=O)c1ccc(C(=O)Nc2ccc(Nc3ncc4cccc(Br)c4n3)cc2C)cc1. The van der Waals surface area contributed by atoms with E-state index in [1.807, 2.05) is 43.3 Å². The second kappa shape index (κ2) is 9.79. The maximum absolute atomic E-state index is 12.6. The zero-order valence-electron chi connectivity index (χ0n) is 18.1. The summed E-state index contributed by atoms with van der Waals surface area (Å²) < 4.78 is 5.86. The van der Waals surface area contributed by atoms with Crippen molar-refractivity contribution in [1.29, 1.82) is 0 Å². The number of nitrogens with one attached hydrogen (secondary N) is 2. The predicted octanol–water partition coefficient (Wildman–Crippen LogP) is 5.87. The molecule has 3 aromatic carbocycles. The molecule has 0 saturated heterocycles. The van der Waals surface area contributed by atoms with E-state index < -0.39 is 5.97 Å². The molecular weight excluding hydrogens is 484 g/mol. The highest BCUT2D eigenvalue weighted by Crippen LogP contribution is 2.25. The van der Waals surface area contributed by atoms with Crippen LogP contribution in [0.15, 0.2) is 71.3 Å². The number of anilines is 3. The zero-order valence-corrected chi connectivity index (χ0v) is 19.6. The van der Waals surface area contributed by atoms with Crippen LogP contribution in [0.1, 0.15) is 33.2 Å². The molecule has 4 rings (SSSR count). The van der Waals surface area contributed by atoms with Gasteiger partial charge in [0.25, 0.3) is 5.91 Å². The number of nitrogens with zero attached hydrogens (tertiary/aromatic N) is 2. The van der Waals surface area contributed by atoms with Crippen molar-refractivity contribution >= 4 is 56.0 Å². The summed E-state index contributed by atoms with van der Waals surface area (Å²) in [6.45, 7) is 3.95. The fourth-order valence-corrected chi connectivity index (χ4v) is 3.73. The molecule has 0 unspecified atom stereocenters. The van der Waals surface area contributed by atoms with Crippen molar-refractivity contribution in [2.75, 3.05) is 17.2 Å². The molecule has 7 nitrogen and oxygen atoms in total. The fourth-order valence-electron chi connectivity index (χ4n) is 3.26. The van der Waals surface area contributed by atoms with Crippen LogP contribution in [0.25, 0.3) is 10.9 Å². The van der Waals surface area contributed by atoms with Gasteiger partial charge in [-0.05, 0) is 83.9 Å². The van der Waals surface area contributed by atoms with Crippen LogP contribution in [0, 0.1) is 6.92 Å². The second-order valence-electron chi connectivity index (χ2n) is 7.28. The van der Waals surface area contributed by atoms with Gasteiger partial charge in [0.2, 0.25) is 5.95 Å². The van der Waals surface area contributed by atoms with Crippen molar-refractivity contribution in [1.82, 2.24) is 9.97 Å². The van der Waals surface area contributed by atoms with E-state index in [1.165, 1.54) is 0 Å². The molecule has 0 fully saturated rings. The van der Waals surface area contributed by atoms with Gasteiger partial charge in [-0.25, -0.2) is 14.8 Å². The quantitative estimate of drug-likeness (QED) is 0.318. The number of halogens is 1. The van der Waals surface area contributed by atoms with Crippen molar-refractivity contribution < 1.29 is 14.3 Å². The van der Waals surface area contributed by atoms with E-state index in [4.69, 9.17) is 4.74 Å². The Morgan fingerprint density at radius 3 is 2.52 bits per heavy atom. The van der Waals surface area contributed by atoms with Gasteiger partial charge in [-0.3, -0.25) is 4.79 Å². The third kappa shape index (κ3) is 5.18. The number of amides is 1. The lowest BCUT2D eigenvalue weighted by atomic mass is 10.1. The average Bonchev–Trinajstić information content (AvgIpc) is 2.81. The number of benzene rings is 3. The summed E-state index contributed by atoms with van der Waals surface area (Å²) in [7, 11) is 0. The molecule has 166 valence electrons. The Morgan fingerprint density at radius 2 is 1.79 bits per heavy atom. The Kier molecular flexibility index (Phi) is 6.65. The Bertz CT molecular complexity index is 1340. The van der Waals surface area contributed by atoms with Gasteiger partial charge in [0.15, 0.2) is 0 Å². The lowest BCUT2D eigenvalue weighted by molar-refractivity contribution is 0.0526. The second-order valence-corrected chi connectivity index (χ2v) is 8.13. The van der Waals surface area contributed by atoms with E-state index in [0.29, 0.717) is 29.4 Å². The Labute approximate surface area is 199 Å². The molecule has 0 atom stereocenters. The van der Waals surface area contributed by atoms with E-state index >= 15 is 0 Å². The van der Waals surface area contributed by atoms with Crippen molar-refractivity contribution in [3.8, 4) is 0 Å². The molecule has 33 heavy (non-hydrogen) atoms. The molecule has 0 bridgehead atoms. The molecule has 0 aliphatic carbocycles. The number of para-hydroxylation sites is 1. The van der Waals surface area contributed by atoms with E-state index in [1.54, 1.807) is 37.4 Å². The summed E-state index contributed by atoms with van der Waals surface area (Å²) in [5.74, 6) is -0.199. The largest absolute Gasteiger partial charge is 0.462 e. The van der Waals surface area contributed by atoms with Crippen LogP contribution < -0.4 is 10.6 Å². The summed E-state index contributed by atoms with van der Waals surface area (Å²) in [6.07, 6.45) is 1.77. The number of hydrogen-bond acceptors (Lipinski definition) is 6. The van der Waals surface area contributed by atoms with Gasteiger partial charge in [-0.15, -0.1) is 0 Å². The summed E-state index contributed by atoms with van der Waals surface area (Å²) in [5.41, 5.74) is 4.03. The van der Waals surface area contributed by atoms with Crippen LogP contribution in [-0.2, 0) is 4.74 Å². The van der Waals surface area contributed by atoms with Crippen LogP contribution >= 0.6 is 15.9 Å². The van der Waals surface area contributed by atoms with Crippen molar-refractivity contribution in [3.63, 3.8) is 0 Å². The van der Waals surface area contributed by atoms with E-state index in [9.17, 15) is 9.59 Å². The Morgan fingerprint density at radius 1 is 1.03 bits per heavy atom. The van der Waals surface area contributed by atoms with Crippen molar-refractivity contribution in [3.05, 3.63) is 88.0 Å². The molecule has 2 N–H and O–H groups in total. The van der Waals surface area contributed by atoms with E-state index in [0.717, 1.165) is 26.6 Å². The first-order valence-corrected chi connectivity index (χ1v) is 11.1. The average molecular weight is 505 g/mol. The summed E-state index contributed by atoms with van der Waals surface area (Å²) in [5, 5.41) is 7.05. The maximum atomic E-state index is 12.6. The number of rotatable bonds is 6. The minimum Gasteiger partial charge on any atom is -0.462 e. The zero-order chi connectivity index (χ0) is 23.4. The van der Waals surface area contributed by atoms with Gasteiger partial charge < -0.3 is 15.4 Å². The molecule has 4 aromatic rings. The van der Waals surface area contributed by atoms with Gasteiger partial charge in [-0.1, -0.05) is 12.1 Å². The van der Waals surface area contributed by atoms with Crippen LogP contribution in [0.4, 0.5) is 17.3 Å².